The number of alkyl halides is 3. The van der Waals surface area contributed by atoms with Crippen LogP contribution in [0.25, 0.3) is 0 Å². The van der Waals surface area contributed by atoms with Gasteiger partial charge in [-0.1, -0.05) is 0 Å². The van der Waals surface area contributed by atoms with Gasteiger partial charge < -0.3 is 15.2 Å². The van der Waals surface area contributed by atoms with Crippen LogP contribution in [0, 0.1) is 0 Å². The molecule has 1 aromatic heterocycles. The summed E-state index contributed by atoms with van der Waals surface area (Å²) < 4.78 is 39.5. The van der Waals surface area contributed by atoms with Crippen LogP contribution in [0.4, 0.5) is 18.9 Å². The van der Waals surface area contributed by atoms with Crippen LogP contribution >= 0.6 is 0 Å². The van der Waals surface area contributed by atoms with Gasteiger partial charge in [-0.15, -0.1) is 0 Å². The third-order valence-corrected chi connectivity index (χ3v) is 2.01. The Kier molecular flexibility index (Phi) is 5.44. The fraction of sp³-hybridized carbons (Fsp3) is 0.364. The molecule has 0 fully saturated rings. The van der Waals surface area contributed by atoms with E-state index in [1.807, 2.05) is 0 Å². The molecule has 0 aliphatic heterocycles. The number of nitrogens with zero attached hydrogens (tertiary/aromatic N) is 1. The summed E-state index contributed by atoms with van der Waals surface area (Å²) >= 11 is 0. The lowest BCUT2D eigenvalue weighted by atomic mass is 10.2. The Labute approximate surface area is 111 Å². The van der Waals surface area contributed by atoms with E-state index < -0.39 is 31.3 Å². The predicted octanol–water partition coefficient (Wildman–Crippen LogP) is 1.69. The van der Waals surface area contributed by atoms with Gasteiger partial charge in [0.25, 0.3) is 0 Å². The van der Waals surface area contributed by atoms with Gasteiger partial charge >= 0.3 is 12.1 Å². The first-order valence-electron chi connectivity index (χ1n) is 5.40. The van der Waals surface area contributed by atoms with E-state index in [-0.39, 0.29) is 17.7 Å². The molecule has 9 heteroatoms. The molecule has 0 bridgehead atoms. The van der Waals surface area contributed by atoms with Crippen molar-refractivity contribution in [3.05, 3.63) is 24.0 Å². The van der Waals surface area contributed by atoms with Crippen molar-refractivity contribution < 1.29 is 32.6 Å². The number of halogens is 3. The number of nitrogens with one attached hydrogen (secondary N) is 1. The highest BCUT2D eigenvalue weighted by Gasteiger charge is 2.27. The molecular formula is C11H11F3N2O4. The maximum atomic E-state index is 11.8. The van der Waals surface area contributed by atoms with Crippen LogP contribution in [-0.2, 0) is 9.53 Å². The molecule has 2 N–H and O–H groups in total. The van der Waals surface area contributed by atoms with E-state index in [9.17, 15) is 22.8 Å². The fourth-order valence-corrected chi connectivity index (χ4v) is 1.20. The highest BCUT2D eigenvalue weighted by atomic mass is 19.4. The van der Waals surface area contributed by atoms with Gasteiger partial charge in [0.15, 0.2) is 0 Å². The minimum Gasteiger partial charge on any atom is -0.478 e. The summed E-state index contributed by atoms with van der Waals surface area (Å²) in [4.78, 5) is 25.6. The summed E-state index contributed by atoms with van der Waals surface area (Å²) in [6, 6.07) is 1.18. The molecule has 1 rings (SSSR count). The van der Waals surface area contributed by atoms with Crippen molar-refractivity contribution >= 4 is 17.6 Å². The number of carboxylic acid groups (broad SMARTS) is 1. The second kappa shape index (κ2) is 6.85. The first-order valence-corrected chi connectivity index (χ1v) is 5.40. The van der Waals surface area contributed by atoms with Gasteiger partial charge in [-0.3, -0.25) is 9.78 Å². The zero-order valence-corrected chi connectivity index (χ0v) is 10.1. The number of ether oxygens (including phenoxy) is 1. The van der Waals surface area contributed by atoms with E-state index in [2.05, 4.69) is 15.0 Å². The number of pyridine rings is 1. The highest BCUT2D eigenvalue weighted by molar-refractivity contribution is 5.93. The molecule has 0 atom stereocenters. The SMILES string of the molecule is O=C(CCOCC(F)(F)F)Nc1cncc(C(=O)O)c1. The summed E-state index contributed by atoms with van der Waals surface area (Å²) in [5.74, 6) is -1.81. The van der Waals surface area contributed by atoms with Crippen molar-refractivity contribution in [2.45, 2.75) is 12.6 Å². The molecule has 0 aliphatic carbocycles. The molecule has 1 heterocycles. The van der Waals surface area contributed by atoms with Crippen molar-refractivity contribution in [1.29, 1.82) is 0 Å². The molecule has 0 unspecified atom stereocenters. The van der Waals surface area contributed by atoms with E-state index in [1.54, 1.807) is 0 Å². The first kappa shape index (κ1) is 15.9. The number of hydrogen-bond donors (Lipinski definition) is 2. The number of carboxylic acids is 1. The number of carbonyl (C=O) groups excluding carboxylic acids is 1. The van der Waals surface area contributed by atoms with Gasteiger partial charge in [-0.05, 0) is 6.07 Å². The molecule has 6 nitrogen and oxygen atoms in total. The van der Waals surface area contributed by atoms with Gasteiger partial charge in [-0.2, -0.15) is 13.2 Å². The molecule has 0 spiro atoms. The van der Waals surface area contributed by atoms with Crippen molar-refractivity contribution in [3.63, 3.8) is 0 Å². The lowest BCUT2D eigenvalue weighted by Gasteiger charge is -2.08. The molecule has 1 aromatic rings. The van der Waals surface area contributed by atoms with Gasteiger partial charge in [0, 0.05) is 6.20 Å². The second-order valence-corrected chi connectivity index (χ2v) is 3.73. The molecule has 0 saturated heterocycles. The molecule has 0 aliphatic rings. The second-order valence-electron chi connectivity index (χ2n) is 3.73. The van der Waals surface area contributed by atoms with Crippen molar-refractivity contribution in [2.75, 3.05) is 18.5 Å². The van der Waals surface area contributed by atoms with Crippen molar-refractivity contribution in [2.24, 2.45) is 0 Å². The highest BCUT2D eigenvalue weighted by Crippen LogP contribution is 2.14. The van der Waals surface area contributed by atoms with Crippen LogP contribution in [0.15, 0.2) is 18.5 Å². The summed E-state index contributed by atoms with van der Waals surface area (Å²) in [5, 5.41) is 11.0. The number of hydrogen-bond acceptors (Lipinski definition) is 4. The fourth-order valence-electron chi connectivity index (χ4n) is 1.20. The van der Waals surface area contributed by atoms with Gasteiger partial charge in [0.1, 0.15) is 6.61 Å². The normalized spacial score (nSPS) is 11.2. The summed E-state index contributed by atoms with van der Waals surface area (Å²) in [6.45, 7) is -1.81. The zero-order valence-electron chi connectivity index (χ0n) is 10.1. The Morgan fingerprint density at radius 1 is 1.35 bits per heavy atom. The van der Waals surface area contributed by atoms with Gasteiger partial charge in [0.2, 0.25) is 5.91 Å². The quantitative estimate of drug-likeness (QED) is 0.779. The van der Waals surface area contributed by atoms with Crippen LogP contribution in [0.2, 0.25) is 0 Å². The molecule has 1 amide bonds. The molecular weight excluding hydrogens is 281 g/mol. The summed E-state index contributed by atoms with van der Waals surface area (Å²) in [7, 11) is 0. The maximum Gasteiger partial charge on any atom is 0.411 e. The number of aromatic carboxylic acids is 1. The monoisotopic (exact) mass is 292 g/mol. The van der Waals surface area contributed by atoms with Crippen LogP contribution in [0.1, 0.15) is 16.8 Å². The number of carbonyl (C=O) groups is 2. The third-order valence-electron chi connectivity index (χ3n) is 2.01. The standard InChI is InChI=1S/C11H11F3N2O4/c12-11(13,14)6-20-2-1-9(17)16-8-3-7(10(18)19)4-15-5-8/h3-5H,1-2,6H2,(H,16,17)(H,18,19). The Morgan fingerprint density at radius 3 is 2.65 bits per heavy atom. The Balaban J connectivity index is 2.39. The van der Waals surface area contributed by atoms with E-state index in [0.717, 1.165) is 6.20 Å². The number of anilines is 1. The van der Waals surface area contributed by atoms with Crippen LogP contribution < -0.4 is 5.32 Å². The minimum atomic E-state index is -4.43. The summed E-state index contributed by atoms with van der Waals surface area (Å²) in [6.07, 6.45) is -2.39. The van der Waals surface area contributed by atoms with Crippen molar-refractivity contribution in [1.82, 2.24) is 4.98 Å². The van der Waals surface area contributed by atoms with E-state index in [4.69, 9.17) is 5.11 Å². The molecule has 20 heavy (non-hydrogen) atoms. The smallest absolute Gasteiger partial charge is 0.411 e. The Morgan fingerprint density at radius 2 is 2.05 bits per heavy atom. The first-order chi connectivity index (χ1) is 9.28. The molecule has 110 valence electrons. The zero-order chi connectivity index (χ0) is 15.2. The number of aromatic nitrogens is 1. The average Bonchev–Trinajstić information content (AvgIpc) is 2.34. The third kappa shape index (κ3) is 6.14. The lowest BCUT2D eigenvalue weighted by Crippen LogP contribution is -2.20. The van der Waals surface area contributed by atoms with Crippen LogP contribution in [0.3, 0.4) is 0 Å². The molecule has 0 radical (unpaired) electrons. The molecule has 0 saturated carbocycles. The molecule has 0 aromatic carbocycles. The van der Waals surface area contributed by atoms with Gasteiger partial charge in [-0.25, -0.2) is 4.79 Å². The van der Waals surface area contributed by atoms with E-state index in [1.165, 1.54) is 12.3 Å². The predicted molar refractivity (Wildman–Crippen MR) is 61.3 cm³/mol. The van der Waals surface area contributed by atoms with Crippen LogP contribution in [-0.4, -0.2) is 41.4 Å². The Bertz CT molecular complexity index is 491. The Hall–Kier alpha value is -2.16. The van der Waals surface area contributed by atoms with E-state index >= 15 is 0 Å². The van der Waals surface area contributed by atoms with E-state index in [0.29, 0.717) is 0 Å². The maximum absolute atomic E-state index is 11.8. The average molecular weight is 292 g/mol. The minimum absolute atomic E-state index is 0.115. The van der Waals surface area contributed by atoms with Crippen molar-refractivity contribution in [3.8, 4) is 0 Å². The summed E-state index contributed by atoms with van der Waals surface area (Å²) in [5.41, 5.74) is 0.0295. The number of amides is 1. The van der Waals surface area contributed by atoms with Crippen LogP contribution in [0.5, 0.6) is 0 Å². The van der Waals surface area contributed by atoms with Gasteiger partial charge in [0.05, 0.1) is 30.5 Å². The lowest BCUT2D eigenvalue weighted by molar-refractivity contribution is -0.174. The topological polar surface area (TPSA) is 88.5 Å². The number of rotatable bonds is 6. The largest absolute Gasteiger partial charge is 0.478 e.